The van der Waals surface area contributed by atoms with Crippen LogP contribution in [0.5, 0.6) is 0 Å². The summed E-state index contributed by atoms with van der Waals surface area (Å²) in [7, 11) is 1.42. The Labute approximate surface area is 59.1 Å². The number of fused-ring (bicyclic) bond motifs is 1. The van der Waals surface area contributed by atoms with Gasteiger partial charge in [0.1, 0.15) is 0 Å². The van der Waals surface area contributed by atoms with E-state index in [1.807, 2.05) is 0 Å². The van der Waals surface area contributed by atoms with Crippen LogP contribution in [0.2, 0.25) is 0 Å². The molecule has 4 nitrogen and oxygen atoms in total. The van der Waals surface area contributed by atoms with Gasteiger partial charge in [0, 0.05) is 13.1 Å². The second-order valence-electron chi connectivity index (χ2n) is 2.67. The van der Waals surface area contributed by atoms with Crippen molar-refractivity contribution in [1.29, 1.82) is 0 Å². The minimum atomic E-state index is -0.184. The lowest BCUT2D eigenvalue weighted by Crippen LogP contribution is -2.26. The first-order valence-corrected chi connectivity index (χ1v) is 3.41. The highest BCUT2D eigenvalue weighted by Gasteiger charge is 2.54. The van der Waals surface area contributed by atoms with Crippen molar-refractivity contribution in [2.75, 3.05) is 20.2 Å². The second-order valence-corrected chi connectivity index (χ2v) is 2.67. The molecule has 2 saturated heterocycles. The topological polar surface area (TPSA) is 41.3 Å². The molecular weight excluding hydrogens is 132 g/mol. The third-order valence-electron chi connectivity index (χ3n) is 2.16. The zero-order valence-corrected chi connectivity index (χ0v) is 5.83. The van der Waals surface area contributed by atoms with Gasteiger partial charge in [-0.2, -0.15) is 0 Å². The Hall–Kier alpha value is -0.770. The SMILES string of the molecule is COC(=O)N1[C@H]2CNC[C@@H]21. The van der Waals surface area contributed by atoms with E-state index in [1.165, 1.54) is 7.11 Å². The minimum absolute atomic E-state index is 0.184. The molecule has 2 aliphatic rings. The van der Waals surface area contributed by atoms with Crippen LogP contribution in [0.15, 0.2) is 0 Å². The summed E-state index contributed by atoms with van der Waals surface area (Å²) in [5.41, 5.74) is 0. The molecule has 0 aromatic rings. The second kappa shape index (κ2) is 1.85. The highest BCUT2D eigenvalue weighted by atomic mass is 16.5. The molecule has 0 spiro atoms. The fraction of sp³-hybridized carbons (Fsp3) is 0.833. The van der Waals surface area contributed by atoms with Crippen LogP contribution >= 0.6 is 0 Å². The number of amides is 1. The van der Waals surface area contributed by atoms with Gasteiger partial charge in [0.15, 0.2) is 0 Å². The maximum atomic E-state index is 10.9. The molecule has 0 unspecified atom stereocenters. The zero-order chi connectivity index (χ0) is 7.14. The van der Waals surface area contributed by atoms with Gasteiger partial charge < -0.3 is 10.1 Å². The summed E-state index contributed by atoms with van der Waals surface area (Å²) < 4.78 is 4.57. The summed E-state index contributed by atoms with van der Waals surface area (Å²) in [6.45, 7) is 1.86. The third kappa shape index (κ3) is 0.623. The molecule has 56 valence electrons. The summed E-state index contributed by atoms with van der Waals surface area (Å²) in [4.78, 5) is 12.6. The number of nitrogens with zero attached hydrogens (tertiary/aromatic N) is 1. The van der Waals surface area contributed by atoms with E-state index >= 15 is 0 Å². The van der Waals surface area contributed by atoms with Crippen molar-refractivity contribution in [3.05, 3.63) is 0 Å². The Kier molecular flexibility index (Phi) is 1.11. The van der Waals surface area contributed by atoms with Gasteiger partial charge in [-0.15, -0.1) is 0 Å². The van der Waals surface area contributed by atoms with Gasteiger partial charge in [-0.1, -0.05) is 0 Å². The molecule has 0 aromatic carbocycles. The first-order valence-electron chi connectivity index (χ1n) is 3.41. The highest BCUT2D eigenvalue weighted by Crippen LogP contribution is 2.31. The van der Waals surface area contributed by atoms with Gasteiger partial charge in [0.2, 0.25) is 0 Å². The van der Waals surface area contributed by atoms with Crippen molar-refractivity contribution in [3.8, 4) is 0 Å². The van der Waals surface area contributed by atoms with E-state index in [2.05, 4.69) is 10.1 Å². The molecule has 0 bridgehead atoms. The Balaban J connectivity index is 1.94. The van der Waals surface area contributed by atoms with E-state index < -0.39 is 0 Å². The number of ether oxygens (including phenoxy) is 1. The Bertz CT molecular complexity index is 161. The highest BCUT2D eigenvalue weighted by molar-refractivity contribution is 5.72. The Morgan fingerprint density at radius 3 is 2.70 bits per heavy atom. The lowest BCUT2D eigenvalue weighted by Gasteiger charge is -2.05. The van der Waals surface area contributed by atoms with E-state index in [4.69, 9.17) is 0 Å². The molecule has 0 aliphatic carbocycles. The van der Waals surface area contributed by atoms with Crippen LogP contribution in [0.25, 0.3) is 0 Å². The summed E-state index contributed by atoms with van der Waals surface area (Å²) >= 11 is 0. The average molecular weight is 142 g/mol. The van der Waals surface area contributed by atoms with Gasteiger partial charge in [0.25, 0.3) is 0 Å². The molecule has 0 aromatic heterocycles. The molecule has 10 heavy (non-hydrogen) atoms. The van der Waals surface area contributed by atoms with Crippen molar-refractivity contribution in [3.63, 3.8) is 0 Å². The number of rotatable bonds is 0. The molecule has 0 saturated carbocycles. The molecule has 2 rings (SSSR count). The van der Waals surface area contributed by atoms with E-state index in [0.717, 1.165) is 13.1 Å². The number of hydrogen-bond donors (Lipinski definition) is 1. The summed E-state index contributed by atoms with van der Waals surface area (Å²) in [5, 5.41) is 3.18. The van der Waals surface area contributed by atoms with E-state index in [9.17, 15) is 4.79 Å². The largest absolute Gasteiger partial charge is 0.453 e. The van der Waals surface area contributed by atoms with Crippen molar-refractivity contribution >= 4 is 6.09 Å². The quantitative estimate of drug-likeness (QED) is 0.459. The van der Waals surface area contributed by atoms with E-state index in [1.54, 1.807) is 4.90 Å². The monoisotopic (exact) mass is 142 g/mol. The van der Waals surface area contributed by atoms with Gasteiger partial charge in [-0.05, 0) is 0 Å². The number of carbonyl (C=O) groups is 1. The number of nitrogens with one attached hydrogen (secondary N) is 1. The molecule has 2 fully saturated rings. The maximum absolute atomic E-state index is 10.9. The van der Waals surface area contributed by atoms with Gasteiger partial charge in [0.05, 0.1) is 19.2 Å². The van der Waals surface area contributed by atoms with Crippen molar-refractivity contribution in [2.24, 2.45) is 0 Å². The molecule has 2 heterocycles. The lowest BCUT2D eigenvalue weighted by molar-refractivity contribution is 0.148. The smallest absolute Gasteiger partial charge is 0.410 e. The van der Waals surface area contributed by atoms with Gasteiger partial charge >= 0.3 is 6.09 Å². The van der Waals surface area contributed by atoms with Crippen molar-refractivity contribution < 1.29 is 9.53 Å². The lowest BCUT2D eigenvalue weighted by atomic mass is 10.4. The molecular formula is C6H10N2O2. The van der Waals surface area contributed by atoms with E-state index in [-0.39, 0.29) is 6.09 Å². The number of carbonyl (C=O) groups excluding carboxylic acids is 1. The first kappa shape index (κ1) is 5.97. The van der Waals surface area contributed by atoms with Crippen molar-refractivity contribution in [2.45, 2.75) is 12.1 Å². The maximum Gasteiger partial charge on any atom is 0.410 e. The van der Waals surface area contributed by atoms with Gasteiger partial charge in [-0.3, -0.25) is 4.90 Å². The van der Waals surface area contributed by atoms with Crippen molar-refractivity contribution in [1.82, 2.24) is 10.2 Å². The fourth-order valence-corrected chi connectivity index (χ4v) is 1.56. The molecule has 2 aliphatic heterocycles. The van der Waals surface area contributed by atoms with Crippen LogP contribution in [0, 0.1) is 0 Å². The molecule has 1 N–H and O–H groups in total. The van der Waals surface area contributed by atoms with Crippen LogP contribution in [0.1, 0.15) is 0 Å². The van der Waals surface area contributed by atoms with Crippen LogP contribution in [0.4, 0.5) is 4.79 Å². The Morgan fingerprint density at radius 1 is 1.60 bits per heavy atom. The molecule has 2 atom stereocenters. The summed E-state index contributed by atoms with van der Waals surface area (Å²) in [5.74, 6) is 0. The van der Waals surface area contributed by atoms with Crippen LogP contribution in [-0.4, -0.2) is 43.3 Å². The zero-order valence-electron chi connectivity index (χ0n) is 5.83. The molecule has 1 amide bonds. The minimum Gasteiger partial charge on any atom is -0.453 e. The fourth-order valence-electron chi connectivity index (χ4n) is 1.56. The molecule has 0 radical (unpaired) electrons. The third-order valence-corrected chi connectivity index (χ3v) is 2.16. The average Bonchev–Trinajstić information content (AvgIpc) is 2.43. The number of hydrogen-bond acceptors (Lipinski definition) is 3. The summed E-state index contributed by atoms with van der Waals surface area (Å²) in [6.07, 6.45) is -0.184. The van der Waals surface area contributed by atoms with Crippen LogP contribution in [0.3, 0.4) is 0 Å². The predicted octanol–water partition coefficient (Wildman–Crippen LogP) is -0.591. The molecule has 4 heteroatoms. The number of methoxy groups -OCH3 is 1. The summed E-state index contributed by atoms with van der Waals surface area (Å²) in [6, 6.07) is 0.847. The standard InChI is InChI=1S/C6H10N2O2/c1-10-6(9)8-4-2-7-3-5(4)8/h4-5,7H,2-3H2,1H3/t4-,5-/m0/s1. The Morgan fingerprint density at radius 2 is 2.20 bits per heavy atom. The number of piperazine rings is 1. The van der Waals surface area contributed by atoms with E-state index in [0.29, 0.717) is 12.1 Å². The first-order chi connectivity index (χ1) is 4.84. The van der Waals surface area contributed by atoms with Crippen LogP contribution in [-0.2, 0) is 4.74 Å². The predicted molar refractivity (Wildman–Crippen MR) is 34.7 cm³/mol. The normalized spacial score (nSPS) is 35.5. The van der Waals surface area contributed by atoms with Gasteiger partial charge in [-0.25, -0.2) is 4.79 Å². The van der Waals surface area contributed by atoms with Crippen LogP contribution < -0.4 is 5.32 Å².